The van der Waals surface area contributed by atoms with Crippen LogP contribution in [0.1, 0.15) is 28.2 Å². The van der Waals surface area contributed by atoms with Crippen LogP contribution < -0.4 is 4.90 Å². The van der Waals surface area contributed by atoms with Gasteiger partial charge in [0.1, 0.15) is 12.1 Å². The summed E-state index contributed by atoms with van der Waals surface area (Å²) in [7, 11) is 5.73. The predicted molar refractivity (Wildman–Crippen MR) is 107 cm³/mol. The number of rotatable bonds is 5. The molecule has 3 rings (SSSR count). The van der Waals surface area contributed by atoms with Crippen molar-refractivity contribution >= 4 is 23.1 Å². The van der Waals surface area contributed by atoms with Gasteiger partial charge in [-0.2, -0.15) is 0 Å². The Morgan fingerprint density at radius 1 is 1.08 bits per heavy atom. The van der Waals surface area contributed by atoms with Crippen molar-refractivity contribution in [3.8, 4) is 11.3 Å². The topological polar surface area (TPSA) is 49.3 Å². The Hall–Kier alpha value is -2.73. The summed E-state index contributed by atoms with van der Waals surface area (Å²) in [6.07, 6.45) is 1.56. The molecule has 1 amide bonds. The van der Waals surface area contributed by atoms with Gasteiger partial charge in [0.05, 0.1) is 11.7 Å². The Kier molecular flexibility index (Phi) is 5.32. The van der Waals surface area contributed by atoms with Crippen LogP contribution >= 0.6 is 11.3 Å². The lowest BCUT2D eigenvalue weighted by Crippen LogP contribution is -2.29. The number of thiophene rings is 1. The summed E-state index contributed by atoms with van der Waals surface area (Å²) in [5.41, 5.74) is 2.46. The smallest absolute Gasteiger partial charge is 0.254 e. The number of aromatic nitrogens is 2. The van der Waals surface area contributed by atoms with Crippen molar-refractivity contribution in [1.29, 1.82) is 0 Å². The van der Waals surface area contributed by atoms with E-state index in [1.165, 1.54) is 4.88 Å². The Labute approximate surface area is 157 Å². The molecule has 0 saturated carbocycles. The molecule has 134 valence electrons. The first-order chi connectivity index (χ1) is 12.5. The van der Waals surface area contributed by atoms with Crippen LogP contribution in [-0.2, 0) is 0 Å². The fourth-order valence-electron chi connectivity index (χ4n) is 2.63. The first-order valence-electron chi connectivity index (χ1n) is 8.37. The Morgan fingerprint density at radius 3 is 2.42 bits per heavy atom. The van der Waals surface area contributed by atoms with Crippen molar-refractivity contribution in [2.75, 3.05) is 26.0 Å². The van der Waals surface area contributed by atoms with Crippen LogP contribution in [-0.4, -0.2) is 41.9 Å². The van der Waals surface area contributed by atoms with Crippen LogP contribution in [0.15, 0.2) is 54.2 Å². The van der Waals surface area contributed by atoms with Crippen LogP contribution in [0.25, 0.3) is 11.3 Å². The highest BCUT2D eigenvalue weighted by atomic mass is 32.1. The van der Waals surface area contributed by atoms with E-state index in [1.807, 2.05) is 74.7 Å². The van der Waals surface area contributed by atoms with Crippen molar-refractivity contribution in [3.05, 3.63) is 64.6 Å². The van der Waals surface area contributed by atoms with Crippen molar-refractivity contribution in [2.45, 2.75) is 13.0 Å². The fraction of sp³-hybridized carbons (Fsp3) is 0.250. The Bertz CT molecular complexity index is 875. The minimum atomic E-state index is 0.00844. The molecule has 0 aliphatic rings. The van der Waals surface area contributed by atoms with Crippen molar-refractivity contribution in [2.24, 2.45) is 0 Å². The molecule has 0 spiro atoms. The van der Waals surface area contributed by atoms with Crippen molar-refractivity contribution < 1.29 is 4.79 Å². The van der Waals surface area contributed by atoms with Crippen LogP contribution in [0.2, 0.25) is 0 Å². The average molecular weight is 366 g/mol. The Balaban J connectivity index is 1.79. The van der Waals surface area contributed by atoms with E-state index in [0.717, 1.165) is 17.1 Å². The van der Waals surface area contributed by atoms with E-state index in [2.05, 4.69) is 16.0 Å². The van der Waals surface area contributed by atoms with Gasteiger partial charge in [-0.05, 0) is 30.5 Å². The maximum absolute atomic E-state index is 12.8. The quantitative estimate of drug-likeness (QED) is 0.682. The van der Waals surface area contributed by atoms with Gasteiger partial charge in [0.25, 0.3) is 5.91 Å². The van der Waals surface area contributed by atoms with Crippen LogP contribution in [0.3, 0.4) is 0 Å². The molecule has 0 aliphatic carbocycles. The third kappa shape index (κ3) is 3.75. The summed E-state index contributed by atoms with van der Waals surface area (Å²) < 4.78 is 0. The van der Waals surface area contributed by atoms with E-state index >= 15 is 0 Å². The minimum Gasteiger partial charge on any atom is -0.363 e. The number of amides is 1. The molecule has 0 aliphatic heterocycles. The second-order valence-electron chi connectivity index (χ2n) is 6.34. The Morgan fingerprint density at radius 2 is 1.81 bits per heavy atom. The van der Waals surface area contributed by atoms with Gasteiger partial charge >= 0.3 is 0 Å². The first-order valence-corrected chi connectivity index (χ1v) is 9.25. The van der Waals surface area contributed by atoms with Gasteiger partial charge in [-0.1, -0.05) is 18.2 Å². The zero-order valence-corrected chi connectivity index (χ0v) is 16.2. The first kappa shape index (κ1) is 18.1. The van der Waals surface area contributed by atoms with E-state index in [1.54, 1.807) is 22.6 Å². The van der Waals surface area contributed by atoms with Gasteiger partial charge in [0, 0.05) is 43.2 Å². The van der Waals surface area contributed by atoms with E-state index in [0.29, 0.717) is 5.56 Å². The van der Waals surface area contributed by atoms with Gasteiger partial charge in [-0.25, -0.2) is 9.97 Å². The van der Waals surface area contributed by atoms with Gasteiger partial charge in [0.15, 0.2) is 0 Å². The number of hydrogen-bond acceptors (Lipinski definition) is 5. The molecule has 0 fully saturated rings. The average Bonchev–Trinajstić information content (AvgIpc) is 3.21. The molecule has 1 aromatic carbocycles. The highest BCUT2D eigenvalue weighted by molar-refractivity contribution is 7.10. The highest BCUT2D eigenvalue weighted by Crippen LogP contribution is 2.26. The molecule has 5 nitrogen and oxygen atoms in total. The maximum atomic E-state index is 12.8. The number of nitrogens with zero attached hydrogens (tertiary/aromatic N) is 4. The normalized spacial score (nSPS) is 11.8. The lowest BCUT2D eigenvalue weighted by Gasteiger charge is -2.24. The lowest BCUT2D eigenvalue weighted by atomic mass is 10.1. The number of anilines is 1. The van der Waals surface area contributed by atoms with Crippen LogP contribution in [0.5, 0.6) is 0 Å². The van der Waals surface area contributed by atoms with Crippen LogP contribution in [0.4, 0.5) is 5.82 Å². The van der Waals surface area contributed by atoms with E-state index in [4.69, 9.17) is 0 Å². The molecular formula is C20H22N4OS. The summed E-state index contributed by atoms with van der Waals surface area (Å²) in [4.78, 5) is 26.2. The van der Waals surface area contributed by atoms with E-state index in [9.17, 15) is 4.79 Å². The number of hydrogen-bond donors (Lipinski definition) is 0. The lowest BCUT2D eigenvalue weighted by molar-refractivity contribution is 0.0745. The van der Waals surface area contributed by atoms with Gasteiger partial charge in [-0.3, -0.25) is 4.79 Å². The fourth-order valence-corrected chi connectivity index (χ4v) is 3.46. The van der Waals surface area contributed by atoms with Crippen LogP contribution in [0, 0.1) is 0 Å². The molecule has 0 bridgehead atoms. The maximum Gasteiger partial charge on any atom is 0.254 e. The largest absolute Gasteiger partial charge is 0.363 e. The third-order valence-corrected chi connectivity index (χ3v) is 5.44. The molecule has 3 aromatic rings. The minimum absolute atomic E-state index is 0.00844. The molecule has 0 radical (unpaired) electrons. The molecule has 2 aromatic heterocycles. The molecule has 26 heavy (non-hydrogen) atoms. The summed E-state index contributed by atoms with van der Waals surface area (Å²) in [6.45, 7) is 2.04. The standard InChI is InChI=1S/C20H22N4OS/c1-14(18-6-5-11-26-18)24(4)20(25)16-9-7-15(8-10-16)17-12-19(23(2)3)22-13-21-17/h5-14H,1-4H3/t14-/m1/s1. The molecule has 1 atom stereocenters. The SMILES string of the molecule is C[C@H](c1cccs1)N(C)C(=O)c1ccc(-c2cc(N(C)C)ncn2)cc1. The van der Waals surface area contributed by atoms with Crippen molar-refractivity contribution in [3.63, 3.8) is 0 Å². The molecule has 0 saturated heterocycles. The van der Waals surface area contributed by atoms with Gasteiger partial charge < -0.3 is 9.80 Å². The third-order valence-electron chi connectivity index (χ3n) is 4.39. The molecule has 2 heterocycles. The summed E-state index contributed by atoms with van der Waals surface area (Å²) in [6, 6.07) is 13.6. The van der Waals surface area contributed by atoms with Crippen molar-refractivity contribution in [1.82, 2.24) is 14.9 Å². The predicted octanol–water partition coefficient (Wildman–Crippen LogP) is 4.10. The number of carbonyl (C=O) groups is 1. The van der Waals surface area contributed by atoms with Gasteiger partial charge in [0.2, 0.25) is 0 Å². The van der Waals surface area contributed by atoms with E-state index < -0.39 is 0 Å². The molecule has 6 heteroatoms. The monoisotopic (exact) mass is 366 g/mol. The molecule has 0 N–H and O–H groups in total. The van der Waals surface area contributed by atoms with Gasteiger partial charge in [-0.15, -0.1) is 11.3 Å². The number of carbonyl (C=O) groups excluding carboxylic acids is 1. The summed E-state index contributed by atoms with van der Waals surface area (Å²) in [5, 5.41) is 2.03. The summed E-state index contributed by atoms with van der Waals surface area (Å²) in [5.74, 6) is 0.855. The molecule has 0 unspecified atom stereocenters. The second-order valence-corrected chi connectivity index (χ2v) is 7.32. The molecular weight excluding hydrogens is 344 g/mol. The van der Waals surface area contributed by atoms with E-state index in [-0.39, 0.29) is 11.9 Å². The number of benzene rings is 1. The zero-order chi connectivity index (χ0) is 18.7. The second kappa shape index (κ2) is 7.66. The highest BCUT2D eigenvalue weighted by Gasteiger charge is 2.19. The zero-order valence-electron chi connectivity index (χ0n) is 15.4. The summed E-state index contributed by atoms with van der Waals surface area (Å²) >= 11 is 1.66.